The number of nitrogens with one attached hydrogen (secondary N) is 1. The Balaban J connectivity index is 1.40. The zero-order valence-corrected chi connectivity index (χ0v) is 16.6. The van der Waals surface area contributed by atoms with Crippen LogP contribution in [0.2, 0.25) is 0 Å². The van der Waals surface area contributed by atoms with Crippen LogP contribution in [0.4, 0.5) is 0 Å². The lowest BCUT2D eigenvalue weighted by atomic mass is 10.2. The smallest absolute Gasteiger partial charge is 0.257 e. The van der Waals surface area contributed by atoms with Crippen LogP contribution in [0.1, 0.15) is 31.7 Å². The highest BCUT2D eigenvalue weighted by molar-refractivity contribution is 7.99. The molecule has 1 N–H and O–H groups in total. The minimum absolute atomic E-state index is 0.175. The molecule has 0 saturated carbocycles. The van der Waals surface area contributed by atoms with E-state index in [4.69, 9.17) is 9.15 Å². The van der Waals surface area contributed by atoms with Crippen LogP contribution in [-0.4, -0.2) is 29.5 Å². The number of unbranched alkanes of at least 4 members (excludes halogenated alkanes) is 2. The van der Waals surface area contributed by atoms with E-state index >= 15 is 0 Å². The maximum absolute atomic E-state index is 11.9. The second-order valence-corrected chi connectivity index (χ2v) is 7.08. The zero-order chi connectivity index (χ0) is 19.6. The molecular formula is C21H23N3O3S. The predicted octanol–water partition coefficient (Wildman–Crippen LogP) is 4.64. The fourth-order valence-corrected chi connectivity index (χ4v) is 3.07. The van der Waals surface area contributed by atoms with Crippen molar-refractivity contribution >= 4 is 35.0 Å². The lowest BCUT2D eigenvalue weighted by Gasteiger charge is -2.05. The summed E-state index contributed by atoms with van der Waals surface area (Å²) in [6.07, 6.45) is 5.02. The highest BCUT2D eigenvalue weighted by Crippen LogP contribution is 2.22. The van der Waals surface area contributed by atoms with Crippen molar-refractivity contribution in [2.75, 3.05) is 12.4 Å². The minimum Gasteiger partial charge on any atom is -0.494 e. The Bertz CT molecular complexity index is 889. The van der Waals surface area contributed by atoms with Gasteiger partial charge in [0, 0.05) is 0 Å². The van der Waals surface area contributed by atoms with E-state index in [2.05, 4.69) is 22.4 Å². The van der Waals surface area contributed by atoms with Crippen molar-refractivity contribution in [2.24, 2.45) is 5.10 Å². The monoisotopic (exact) mass is 397 g/mol. The van der Waals surface area contributed by atoms with Gasteiger partial charge in [-0.2, -0.15) is 5.10 Å². The van der Waals surface area contributed by atoms with Gasteiger partial charge in [-0.1, -0.05) is 43.7 Å². The fraction of sp³-hybridized carbons (Fsp3) is 0.286. The van der Waals surface area contributed by atoms with E-state index in [1.165, 1.54) is 24.6 Å². The Morgan fingerprint density at radius 3 is 2.82 bits per heavy atom. The molecule has 0 bridgehead atoms. The van der Waals surface area contributed by atoms with Crippen molar-refractivity contribution in [3.8, 4) is 5.75 Å². The number of rotatable bonds is 10. The van der Waals surface area contributed by atoms with Gasteiger partial charge in [0.25, 0.3) is 11.1 Å². The van der Waals surface area contributed by atoms with Crippen molar-refractivity contribution in [1.82, 2.24) is 10.4 Å². The van der Waals surface area contributed by atoms with Crippen LogP contribution in [0.3, 0.4) is 0 Å². The summed E-state index contributed by atoms with van der Waals surface area (Å²) in [6.45, 7) is 2.90. The van der Waals surface area contributed by atoms with Crippen molar-refractivity contribution in [2.45, 2.75) is 31.4 Å². The third kappa shape index (κ3) is 6.13. The summed E-state index contributed by atoms with van der Waals surface area (Å²) < 4.78 is 11.2. The Morgan fingerprint density at radius 1 is 1.21 bits per heavy atom. The summed E-state index contributed by atoms with van der Waals surface area (Å²) in [4.78, 5) is 16.2. The molecule has 146 valence electrons. The van der Waals surface area contributed by atoms with Gasteiger partial charge in [-0.15, -0.1) is 0 Å². The number of amides is 1. The number of hydrogen-bond acceptors (Lipinski definition) is 6. The first-order chi connectivity index (χ1) is 13.7. The summed E-state index contributed by atoms with van der Waals surface area (Å²) in [5.74, 6) is 0.792. The summed E-state index contributed by atoms with van der Waals surface area (Å²) in [7, 11) is 0. The molecule has 1 aromatic heterocycles. The van der Waals surface area contributed by atoms with Crippen molar-refractivity contribution in [3.05, 3.63) is 54.1 Å². The van der Waals surface area contributed by atoms with Crippen LogP contribution < -0.4 is 10.2 Å². The molecule has 6 nitrogen and oxygen atoms in total. The normalized spacial score (nSPS) is 11.2. The van der Waals surface area contributed by atoms with E-state index in [1.807, 2.05) is 48.5 Å². The topological polar surface area (TPSA) is 76.7 Å². The molecule has 1 heterocycles. The van der Waals surface area contributed by atoms with Gasteiger partial charge in [0.2, 0.25) is 0 Å². The van der Waals surface area contributed by atoms with Gasteiger partial charge in [0.1, 0.15) is 11.3 Å². The molecule has 7 heteroatoms. The number of benzene rings is 2. The second-order valence-electron chi connectivity index (χ2n) is 6.15. The number of para-hydroxylation sites is 2. The number of fused-ring (bicyclic) bond motifs is 1. The van der Waals surface area contributed by atoms with Crippen LogP contribution in [0.15, 0.2) is 63.3 Å². The molecule has 0 aliphatic rings. The number of aromatic nitrogens is 1. The largest absolute Gasteiger partial charge is 0.494 e. The van der Waals surface area contributed by atoms with Gasteiger partial charge >= 0.3 is 0 Å². The molecule has 0 aliphatic heterocycles. The Labute approximate surface area is 168 Å². The summed E-state index contributed by atoms with van der Waals surface area (Å²) >= 11 is 1.23. The predicted molar refractivity (Wildman–Crippen MR) is 112 cm³/mol. The Morgan fingerprint density at radius 2 is 2.04 bits per heavy atom. The van der Waals surface area contributed by atoms with Crippen LogP contribution >= 0.6 is 11.8 Å². The van der Waals surface area contributed by atoms with Gasteiger partial charge in [-0.25, -0.2) is 10.4 Å². The van der Waals surface area contributed by atoms with Crippen LogP contribution in [-0.2, 0) is 4.79 Å². The molecule has 0 fully saturated rings. The molecule has 3 rings (SSSR count). The molecule has 28 heavy (non-hydrogen) atoms. The lowest BCUT2D eigenvalue weighted by molar-refractivity contribution is -0.118. The number of carbonyl (C=O) groups is 1. The molecule has 0 aliphatic carbocycles. The molecule has 3 aromatic rings. The highest BCUT2D eigenvalue weighted by atomic mass is 32.2. The second kappa shape index (κ2) is 10.5. The molecule has 0 atom stereocenters. The lowest BCUT2D eigenvalue weighted by Crippen LogP contribution is -2.19. The SMILES string of the molecule is CCCCCOc1ccc(C=NNC(=O)CSc2nc3ccccc3o2)cc1. The first-order valence-electron chi connectivity index (χ1n) is 9.28. The van der Waals surface area contributed by atoms with Crippen LogP contribution in [0.25, 0.3) is 11.1 Å². The molecule has 0 unspecified atom stereocenters. The van der Waals surface area contributed by atoms with Crippen LogP contribution in [0.5, 0.6) is 5.75 Å². The third-order valence-electron chi connectivity index (χ3n) is 3.90. The van der Waals surface area contributed by atoms with E-state index in [0.717, 1.165) is 29.9 Å². The molecule has 2 aromatic carbocycles. The van der Waals surface area contributed by atoms with E-state index in [0.29, 0.717) is 10.8 Å². The summed E-state index contributed by atoms with van der Waals surface area (Å²) in [5, 5.41) is 4.45. The number of ether oxygens (including phenoxy) is 1. The summed E-state index contributed by atoms with van der Waals surface area (Å²) in [6, 6.07) is 15.1. The van der Waals surface area contributed by atoms with E-state index in [1.54, 1.807) is 6.21 Å². The van der Waals surface area contributed by atoms with Gasteiger partial charge in [-0.3, -0.25) is 4.79 Å². The number of hydrogen-bond donors (Lipinski definition) is 1. The average Bonchev–Trinajstić information content (AvgIpc) is 3.14. The van der Waals surface area contributed by atoms with Gasteiger partial charge in [0.15, 0.2) is 5.58 Å². The van der Waals surface area contributed by atoms with Gasteiger partial charge < -0.3 is 9.15 Å². The molecule has 0 spiro atoms. The molecular weight excluding hydrogens is 374 g/mol. The number of thioether (sulfide) groups is 1. The van der Waals surface area contributed by atoms with Gasteiger partial charge in [-0.05, 0) is 48.4 Å². The number of carbonyl (C=O) groups excluding carboxylic acids is 1. The number of hydrazone groups is 1. The minimum atomic E-state index is -0.223. The van der Waals surface area contributed by atoms with E-state index in [9.17, 15) is 4.79 Å². The van der Waals surface area contributed by atoms with E-state index in [-0.39, 0.29) is 11.7 Å². The van der Waals surface area contributed by atoms with Gasteiger partial charge in [0.05, 0.1) is 18.6 Å². The summed E-state index contributed by atoms with van der Waals surface area (Å²) in [5.41, 5.74) is 4.88. The van der Waals surface area contributed by atoms with E-state index < -0.39 is 0 Å². The Kier molecular flexibility index (Phi) is 7.49. The molecule has 0 radical (unpaired) electrons. The highest BCUT2D eigenvalue weighted by Gasteiger charge is 2.08. The maximum Gasteiger partial charge on any atom is 0.257 e. The number of nitrogens with zero attached hydrogens (tertiary/aromatic N) is 2. The van der Waals surface area contributed by atoms with Crippen molar-refractivity contribution < 1.29 is 13.9 Å². The molecule has 1 amide bonds. The maximum atomic E-state index is 11.9. The average molecular weight is 398 g/mol. The standard InChI is InChI=1S/C21H23N3O3S/c1-2-3-6-13-26-17-11-9-16(10-12-17)14-22-24-20(25)15-28-21-23-18-7-4-5-8-19(18)27-21/h4-5,7-12,14H,2-3,6,13,15H2,1H3,(H,24,25). The first-order valence-corrected chi connectivity index (χ1v) is 10.3. The van der Waals surface area contributed by atoms with Crippen molar-refractivity contribution in [1.29, 1.82) is 0 Å². The van der Waals surface area contributed by atoms with Crippen molar-refractivity contribution in [3.63, 3.8) is 0 Å². The van der Waals surface area contributed by atoms with Crippen LogP contribution in [0, 0.1) is 0 Å². The molecule has 0 saturated heterocycles. The third-order valence-corrected chi connectivity index (χ3v) is 4.73. The first kappa shape index (κ1) is 19.9. The fourth-order valence-electron chi connectivity index (χ4n) is 2.44. The number of oxazole rings is 1. The zero-order valence-electron chi connectivity index (χ0n) is 15.8. The quantitative estimate of drug-likeness (QED) is 0.233. The Hall–Kier alpha value is -2.80.